The minimum Gasteiger partial charge on any atom is -0.452 e. The van der Waals surface area contributed by atoms with Gasteiger partial charge < -0.3 is 10.1 Å². The van der Waals surface area contributed by atoms with Crippen LogP contribution in [0, 0.1) is 11.3 Å². The molecule has 0 fully saturated rings. The fourth-order valence-electron chi connectivity index (χ4n) is 2.38. The molecule has 2 aromatic carbocycles. The van der Waals surface area contributed by atoms with Crippen LogP contribution in [0.15, 0.2) is 48.5 Å². The van der Waals surface area contributed by atoms with Crippen molar-refractivity contribution in [3.05, 3.63) is 65.2 Å². The fourth-order valence-corrected chi connectivity index (χ4v) is 2.38. The summed E-state index contributed by atoms with van der Waals surface area (Å²) in [6.45, 7) is 3.79. The average molecular weight is 336 g/mol. The first-order chi connectivity index (χ1) is 12.0. The van der Waals surface area contributed by atoms with Crippen molar-refractivity contribution in [1.82, 2.24) is 0 Å². The minimum absolute atomic E-state index is 0.242. The van der Waals surface area contributed by atoms with E-state index < -0.39 is 11.9 Å². The van der Waals surface area contributed by atoms with Gasteiger partial charge in [-0.05, 0) is 42.2 Å². The van der Waals surface area contributed by atoms with E-state index in [0.717, 1.165) is 17.7 Å². The lowest BCUT2D eigenvalue weighted by Crippen LogP contribution is -2.21. The molecular formula is C20H20N2O3. The summed E-state index contributed by atoms with van der Waals surface area (Å²) in [5.41, 5.74) is 2.38. The van der Waals surface area contributed by atoms with Crippen LogP contribution in [0.5, 0.6) is 0 Å². The second kappa shape index (κ2) is 8.65. The van der Waals surface area contributed by atoms with E-state index in [4.69, 9.17) is 10.00 Å². The van der Waals surface area contributed by atoms with Gasteiger partial charge in [-0.3, -0.25) is 4.79 Å². The molecule has 0 aromatic heterocycles. The number of esters is 1. The van der Waals surface area contributed by atoms with E-state index in [-0.39, 0.29) is 12.2 Å². The number of benzene rings is 2. The van der Waals surface area contributed by atoms with Crippen LogP contribution in [0.3, 0.4) is 0 Å². The van der Waals surface area contributed by atoms with Crippen molar-refractivity contribution in [2.24, 2.45) is 0 Å². The fraction of sp³-hybridized carbons (Fsp3) is 0.250. The highest BCUT2D eigenvalue weighted by Gasteiger charge is 2.14. The molecule has 1 atom stereocenters. The number of carbonyl (C=O) groups is 2. The zero-order valence-corrected chi connectivity index (χ0v) is 14.3. The summed E-state index contributed by atoms with van der Waals surface area (Å²) in [5.74, 6) is -0.726. The van der Waals surface area contributed by atoms with Gasteiger partial charge in [-0.25, -0.2) is 4.79 Å². The van der Waals surface area contributed by atoms with Crippen LogP contribution in [-0.2, 0) is 9.53 Å². The topological polar surface area (TPSA) is 79.2 Å². The lowest BCUT2D eigenvalue weighted by Gasteiger charge is -2.15. The van der Waals surface area contributed by atoms with Gasteiger partial charge in [0.15, 0.2) is 6.61 Å². The Kier molecular flexibility index (Phi) is 6.30. The van der Waals surface area contributed by atoms with Gasteiger partial charge in [0.1, 0.15) is 0 Å². The minimum atomic E-state index is -0.637. The molecule has 0 aliphatic rings. The molecule has 0 saturated heterocycles. The summed E-state index contributed by atoms with van der Waals surface area (Å²) in [5, 5.41) is 11.6. The average Bonchev–Trinajstić information content (AvgIpc) is 2.66. The third-order valence-electron chi connectivity index (χ3n) is 3.94. The number of nitriles is 1. The van der Waals surface area contributed by atoms with Crippen LogP contribution in [0.1, 0.15) is 47.7 Å². The zero-order valence-electron chi connectivity index (χ0n) is 14.3. The van der Waals surface area contributed by atoms with Gasteiger partial charge in [-0.15, -0.1) is 0 Å². The first kappa shape index (κ1) is 18.2. The zero-order chi connectivity index (χ0) is 18.2. The summed E-state index contributed by atoms with van der Waals surface area (Å²) >= 11 is 0. The molecule has 5 nitrogen and oxygen atoms in total. The summed E-state index contributed by atoms with van der Waals surface area (Å²) in [7, 11) is 0. The van der Waals surface area contributed by atoms with Crippen LogP contribution in [0.4, 0.5) is 5.69 Å². The Labute approximate surface area is 147 Å². The molecule has 0 heterocycles. The second-order valence-electron chi connectivity index (χ2n) is 5.71. The molecular weight excluding hydrogens is 316 g/mol. The summed E-state index contributed by atoms with van der Waals surface area (Å²) < 4.78 is 5.03. The number of nitrogens with one attached hydrogen (secondary N) is 1. The van der Waals surface area contributed by atoms with Crippen molar-refractivity contribution in [2.75, 3.05) is 11.9 Å². The van der Waals surface area contributed by atoms with Crippen molar-refractivity contribution in [3.63, 3.8) is 0 Å². The number of amides is 1. The van der Waals surface area contributed by atoms with Crippen LogP contribution in [-0.4, -0.2) is 18.5 Å². The number of hydrogen-bond donors (Lipinski definition) is 1. The number of anilines is 1. The van der Waals surface area contributed by atoms with Crippen molar-refractivity contribution in [1.29, 1.82) is 5.26 Å². The molecule has 0 spiro atoms. The van der Waals surface area contributed by atoms with Crippen LogP contribution >= 0.6 is 0 Å². The second-order valence-corrected chi connectivity index (χ2v) is 5.71. The van der Waals surface area contributed by atoms with Gasteiger partial charge in [0, 0.05) is 5.69 Å². The van der Waals surface area contributed by atoms with E-state index in [1.165, 1.54) is 6.07 Å². The number of carbonyl (C=O) groups excluding carboxylic acids is 2. The van der Waals surface area contributed by atoms with Gasteiger partial charge in [0.05, 0.1) is 17.2 Å². The third-order valence-corrected chi connectivity index (χ3v) is 3.94. The predicted octanol–water partition coefficient (Wildman–Crippen LogP) is 3.87. The molecule has 0 radical (unpaired) electrons. The van der Waals surface area contributed by atoms with E-state index in [1.54, 1.807) is 18.2 Å². The lowest BCUT2D eigenvalue weighted by molar-refractivity contribution is -0.119. The predicted molar refractivity (Wildman–Crippen MR) is 95.2 cm³/mol. The highest BCUT2D eigenvalue weighted by atomic mass is 16.5. The summed E-state index contributed by atoms with van der Waals surface area (Å²) in [6, 6.07) is 15.7. The maximum Gasteiger partial charge on any atom is 0.338 e. The van der Waals surface area contributed by atoms with E-state index in [1.807, 2.05) is 30.3 Å². The smallest absolute Gasteiger partial charge is 0.338 e. The highest BCUT2D eigenvalue weighted by molar-refractivity contribution is 5.96. The maximum atomic E-state index is 12.1. The molecule has 128 valence electrons. The SMILES string of the molecule is CC[C@H](C)c1ccccc1NC(=O)COC(=O)c1cccc(C#N)c1. The van der Waals surface area contributed by atoms with Gasteiger partial charge in [0.2, 0.25) is 0 Å². The first-order valence-electron chi connectivity index (χ1n) is 8.11. The van der Waals surface area contributed by atoms with Gasteiger partial charge in [0.25, 0.3) is 5.91 Å². The summed E-state index contributed by atoms with van der Waals surface area (Å²) in [6.07, 6.45) is 0.955. The number of hydrogen-bond acceptors (Lipinski definition) is 4. The van der Waals surface area contributed by atoms with Crippen LogP contribution in [0.2, 0.25) is 0 Å². The van der Waals surface area contributed by atoms with Crippen molar-refractivity contribution in [2.45, 2.75) is 26.2 Å². The Balaban J connectivity index is 1.97. The van der Waals surface area contributed by atoms with E-state index in [0.29, 0.717) is 11.5 Å². The Morgan fingerprint density at radius 3 is 2.68 bits per heavy atom. The number of para-hydroxylation sites is 1. The lowest BCUT2D eigenvalue weighted by atomic mass is 9.97. The monoisotopic (exact) mass is 336 g/mol. The number of rotatable bonds is 6. The van der Waals surface area contributed by atoms with Crippen molar-refractivity contribution in [3.8, 4) is 6.07 Å². The van der Waals surface area contributed by atoms with E-state index >= 15 is 0 Å². The third kappa shape index (κ3) is 4.92. The molecule has 1 amide bonds. The molecule has 0 bridgehead atoms. The molecule has 0 aliphatic heterocycles. The molecule has 25 heavy (non-hydrogen) atoms. The molecule has 0 aliphatic carbocycles. The van der Waals surface area contributed by atoms with Gasteiger partial charge in [-0.1, -0.05) is 38.1 Å². The standard InChI is InChI=1S/C20H20N2O3/c1-3-14(2)17-9-4-5-10-18(17)22-19(23)13-25-20(24)16-8-6-7-15(11-16)12-21/h4-11,14H,3,13H2,1-2H3,(H,22,23)/t14-/m0/s1. The molecule has 2 aromatic rings. The Bertz CT molecular complexity index is 809. The normalized spacial score (nSPS) is 11.2. The Morgan fingerprint density at radius 2 is 1.96 bits per heavy atom. The number of nitrogens with zero attached hydrogens (tertiary/aromatic N) is 1. The number of ether oxygens (including phenoxy) is 1. The van der Waals surface area contributed by atoms with Gasteiger partial charge in [-0.2, -0.15) is 5.26 Å². The van der Waals surface area contributed by atoms with Crippen molar-refractivity contribution < 1.29 is 14.3 Å². The maximum absolute atomic E-state index is 12.1. The van der Waals surface area contributed by atoms with E-state index in [9.17, 15) is 9.59 Å². The quantitative estimate of drug-likeness (QED) is 0.812. The van der Waals surface area contributed by atoms with Gasteiger partial charge >= 0.3 is 5.97 Å². The summed E-state index contributed by atoms with van der Waals surface area (Å²) in [4.78, 5) is 24.1. The Morgan fingerprint density at radius 1 is 1.20 bits per heavy atom. The molecule has 1 N–H and O–H groups in total. The highest BCUT2D eigenvalue weighted by Crippen LogP contribution is 2.26. The first-order valence-corrected chi connectivity index (χ1v) is 8.11. The largest absolute Gasteiger partial charge is 0.452 e. The van der Waals surface area contributed by atoms with Crippen LogP contribution in [0.25, 0.3) is 0 Å². The van der Waals surface area contributed by atoms with E-state index in [2.05, 4.69) is 19.2 Å². The molecule has 2 rings (SSSR count). The molecule has 0 unspecified atom stereocenters. The molecule has 5 heteroatoms. The van der Waals surface area contributed by atoms with Crippen molar-refractivity contribution >= 4 is 17.6 Å². The Hall–Kier alpha value is -3.13. The molecule has 0 saturated carbocycles. The van der Waals surface area contributed by atoms with Crippen LogP contribution < -0.4 is 5.32 Å².